The fourth-order valence-electron chi connectivity index (χ4n) is 3.40. The van der Waals surface area contributed by atoms with E-state index in [1.807, 2.05) is 42.8 Å². The number of hydrogen-bond acceptors (Lipinski definition) is 3. The highest BCUT2D eigenvalue weighted by Crippen LogP contribution is 2.27. The molecule has 2 aromatic rings. The molecule has 26 heavy (non-hydrogen) atoms. The van der Waals surface area contributed by atoms with Gasteiger partial charge in [0.2, 0.25) is 0 Å². The number of benzene rings is 1. The van der Waals surface area contributed by atoms with Crippen molar-refractivity contribution >= 4 is 11.9 Å². The Morgan fingerprint density at radius 1 is 1.23 bits per heavy atom. The molecule has 1 heterocycles. The summed E-state index contributed by atoms with van der Waals surface area (Å²) in [5.74, 6) is -1.19. The fourth-order valence-corrected chi connectivity index (χ4v) is 3.40. The van der Waals surface area contributed by atoms with Gasteiger partial charge in [0.15, 0.2) is 5.69 Å². The van der Waals surface area contributed by atoms with Crippen LogP contribution in [0.3, 0.4) is 0 Å². The van der Waals surface area contributed by atoms with Gasteiger partial charge in [-0.2, -0.15) is 5.10 Å². The number of aromatic nitrogens is 2. The van der Waals surface area contributed by atoms with E-state index >= 15 is 0 Å². The third-order valence-corrected chi connectivity index (χ3v) is 4.81. The molecular formula is C20H25N3O3. The van der Waals surface area contributed by atoms with Crippen LogP contribution >= 0.6 is 0 Å². The van der Waals surface area contributed by atoms with Gasteiger partial charge in [0.25, 0.3) is 5.91 Å². The summed E-state index contributed by atoms with van der Waals surface area (Å²) >= 11 is 0. The van der Waals surface area contributed by atoms with Crippen LogP contribution in [0.25, 0.3) is 5.69 Å². The van der Waals surface area contributed by atoms with Crippen molar-refractivity contribution in [2.24, 2.45) is 5.92 Å². The van der Waals surface area contributed by atoms with Crippen LogP contribution in [0.4, 0.5) is 0 Å². The smallest absolute Gasteiger partial charge is 0.303 e. The maximum atomic E-state index is 12.7. The summed E-state index contributed by atoms with van der Waals surface area (Å²) < 4.78 is 1.89. The summed E-state index contributed by atoms with van der Waals surface area (Å²) in [6.45, 7) is 4.19. The second-order valence-electron chi connectivity index (χ2n) is 7.14. The van der Waals surface area contributed by atoms with Crippen LogP contribution in [0, 0.1) is 12.8 Å². The van der Waals surface area contributed by atoms with Crippen molar-refractivity contribution in [2.75, 3.05) is 6.54 Å². The van der Waals surface area contributed by atoms with Gasteiger partial charge in [0.1, 0.15) is 0 Å². The zero-order valence-corrected chi connectivity index (χ0v) is 15.3. The lowest BCUT2D eigenvalue weighted by molar-refractivity contribution is -0.137. The van der Waals surface area contributed by atoms with Crippen LogP contribution in [0.2, 0.25) is 0 Å². The molecule has 1 aliphatic carbocycles. The fraction of sp³-hybridized carbons (Fsp3) is 0.450. The van der Waals surface area contributed by atoms with Gasteiger partial charge < -0.3 is 10.4 Å². The maximum Gasteiger partial charge on any atom is 0.303 e. The molecule has 1 atom stereocenters. The van der Waals surface area contributed by atoms with E-state index < -0.39 is 5.97 Å². The number of hydrogen-bond donors (Lipinski definition) is 2. The van der Waals surface area contributed by atoms with Crippen LogP contribution in [-0.2, 0) is 17.6 Å². The van der Waals surface area contributed by atoms with Crippen molar-refractivity contribution in [3.05, 3.63) is 46.8 Å². The van der Waals surface area contributed by atoms with E-state index in [9.17, 15) is 9.59 Å². The van der Waals surface area contributed by atoms with E-state index in [2.05, 4.69) is 10.4 Å². The number of aryl methyl sites for hydroxylation is 1. The molecule has 2 N–H and O–H groups in total. The number of carboxylic acids is 1. The molecule has 0 fully saturated rings. The highest BCUT2D eigenvalue weighted by molar-refractivity contribution is 5.94. The molecule has 0 radical (unpaired) electrons. The molecule has 0 saturated heterocycles. The first kappa shape index (κ1) is 18.2. The second kappa shape index (κ2) is 7.72. The molecule has 6 nitrogen and oxygen atoms in total. The van der Waals surface area contributed by atoms with Gasteiger partial charge in [-0.1, -0.05) is 24.6 Å². The van der Waals surface area contributed by atoms with Crippen LogP contribution in [0.1, 0.15) is 53.5 Å². The molecule has 0 bridgehead atoms. The molecule has 3 rings (SSSR count). The monoisotopic (exact) mass is 355 g/mol. The van der Waals surface area contributed by atoms with Crippen molar-refractivity contribution < 1.29 is 14.7 Å². The minimum Gasteiger partial charge on any atom is -0.481 e. The summed E-state index contributed by atoms with van der Waals surface area (Å²) in [5.41, 5.74) is 4.76. The summed E-state index contributed by atoms with van der Waals surface area (Å²) in [4.78, 5) is 23.4. The van der Waals surface area contributed by atoms with E-state index in [4.69, 9.17) is 5.11 Å². The zero-order chi connectivity index (χ0) is 18.7. The van der Waals surface area contributed by atoms with Gasteiger partial charge in [-0.3, -0.25) is 9.59 Å². The SMILES string of the molecule is Cc1ccc(-n2nc(C(=O)NCC(C)CC(=O)O)c3c2CCCC3)cc1. The quantitative estimate of drug-likeness (QED) is 0.834. The normalized spacial score (nSPS) is 14.5. The molecule has 0 spiro atoms. The summed E-state index contributed by atoms with van der Waals surface area (Å²) in [6, 6.07) is 8.13. The number of fused-ring (bicyclic) bond motifs is 1. The molecule has 1 aromatic heterocycles. The van der Waals surface area contributed by atoms with Gasteiger partial charge in [0.05, 0.1) is 5.69 Å². The lowest BCUT2D eigenvalue weighted by atomic mass is 9.95. The van der Waals surface area contributed by atoms with Crippen molar-refractivity contribution in [3.8, 4) is 5.69 Å². The Morgan fingerprint density at radius 3 is 2.62 bits per heavy atom. The third kappa shape index (κ3) is 3.95. The van der Waals surface area contributed by atoms with E-state index in [1.165, 1.54) is 5.56 Å². The first-order valence-corrected chi connectivity index (χ1v) is 9.13. The van der Waals surface area contributed by atoms with Crippen LogP contribution < -0.4 is 5.32 Å². The Morgan fingerprint density at radius 2 is 1.92 bits per heavy atom. The standard InChI is InChI=1S/C20H25N3O3/c1-13-7-9-15(10-8-13)23-17-6-4-3-5-16(17)19(22-23)20(26)21-12-14(2)11-18(24)25/h7-10,14H,3-6,11-12H2,1-2H3,(H,21,26)(H,24,25). The van der Waals surface area contributed by atoms with Gasteiger partial charge in [0, 0.05) is 24.2 Å². The highest BCUT2D eigenvalue weighted by Gasteiger charge is 2.25. The Kier molecular flexibility index (Phi) is 5.40. The summed E-state index contributed by atoms with van der Waals surface area (Å²) in [7, 11) is 0. The molecular weight excluding hydrogens is 330 g/mol. The molecule has 0 aliphatic heterocycles. The van der Waals surface area contributed by atoms with E-state index in [0.717, 1.165) is 42.6 Å². The summed E-state index contributed by atoms with van der Waals surface area (Å²) in [6.07, 6.45) is 3.97. The first-order valence-electron chi connectivity index (χ1n) is 9.13. The number of carbonyl (C=O) groups excluding carboxylic acids is 1. The molecule has 1 aromatic carbocycles. The largest absolute Gasteiger partial charge is 0.481 e. The number of carbonyl (C=O) groups is 2. The van der Waals surface area contributed by atoms with Gasteiger partial charge in [-0.15, -0.1) is 0 Å². The Hall–Kier alpha value is -2.63. The lowest BCUT2D eigenvalue weighted by Crippen LogP contribution is -2.30. The number of nitrogens with zero attached hydrogens (tertiary/aromatic N) is 2. The second-order valence-corrected chi connectivity index (χ2v) is 7.14. The number of carboxylic acid groups (broad SMARTS) is 1. The average molecular weight is 355 g/mol. The van der Waals surface area contributed by atoms with Crippen molar-refractivity contribution in [1.82, 2.24) is 15.1 Å². The molecule has 1 unspecified atom stereocenters. The van der Waals surface area contributed by atoms with E-state index in [-0.39, 0.29) is 18.2 Å². The number of aliphatic carboxylic acids is 1. The van der Waals surface area contributed by atoms with Crippen molar-refractivity contribution in [3.63, 3.8) is 0 Å². The van der Waals surface area contributed by atoms with Gasteiger partial charge in [-0.25, -0.2) is 4.68 Å². The average Bonchev–Trinajstić information content (AvgIpc) is 3.00. The molecule has 1 aliphatic rings. The predicted octanol–water partition coefficient (Wildman–Crippen LogP) is 2.90. The number of nitrogens with one attached hydrogen (secondary N) is 1. The van der Waals surface area contributed by atoms with Gasteiger partial charge in [-0.05, 0) is 50.7 Å². The maximum absolute atomic E-state index is 12.7. The minimum absolute atomic E-state index is 0.0379. The number of rotatable bonds is 6. The molecule has 6 heteroatoms. The van der Waals surface area contributed by atoms with Crippen LogP contribution in [-0.4, -0.2) is 33.3 Å². The Bertz CT molecular complexity index is 808. The highest BCUT2D eigenvalue weighted by atomic mass is 16.4. The van der Waals surface area contributed by atoms with Crippen LogP contribution in [0.15, 0.2) is 24.3 Å². The number of amides is 1. The first-order chi connectivity index (χ1) is 12.5. The minimum atomic E-state index is -0.854. The molecule has 1 amide bonds. The van der Waals surface area contributed by atoms with E-state index in [0.29, 0.717) is 12.2 Å². The van der Waals surface area contributed by atoms with Crippen molar-refractivity contribution in [1.29, 1.82) is 0 Å². The van der Waals surface area contributed by atoms with Gasteiger partial charge >= 0.3 is 5.97 Å². The summed E-state index contributed by atoms with van der Waals surface area (Å²) in [5, 5.41) is 16.3. The lowest BCUT2D eigenvalue weighted by Gasteiger charge is -2.14. The molecule has 0 saturated carbocycles. The zero-order valence-electron chi connectivity index (χ0n) is 15.3. The van der Waals surface area contributed by atoms with Crippen LogP contribution in [0.5, 0.6) is 0 Å². The topological polar surface area (TPSA) is 84.2 Å². The Balaban J connectivity index is 1.84. The molecule has 138 valence electrons. The van der Waals surface area contributed by atoms with Crippen molar-refractivity contribution in [2.45, 2.75) is 46.0 Å². The third-order valence-electron chi connectivity index (χ3n) is 4.81. The van der Waals surface area contributed by atoms with E-state index in [1.54, 1.807) is 0 Å². The predicted molar refractivity (Wildman–Crippen MR) is 98.7 cm³/mol. The Labute approximate surface area is 153 Å².